The predicted molar refractivity (Wildman–Crippen MR) is 99.4 cm³/mol. The fourth-order valence-electron chi connectivity index (χ4n) is 2.26. The van der Waals surface area contributed by atoms with Crippen LogP contribution >= 0.6 is 11.8 Å². The fourth-order valence-corrected chi connectivity index (χ4v) is 3.49. The van der Waals surface area contributed by atoms with Gasteiger partial charge in [0.15, 0.2) is 5.96 Å². The van der Waals surface area contributed by atoms with Crippen molar-refractivity contribution in [2.24, 2.45) is 4.99 Å². The Balaban J connectivity index is 1.79. The van der Waals surface area contributed by atoms with E-state index in [1.807, 2.05) is 18.7 Å². The molecule has 23 heavy (non-hydrogen) atoms. The van der Waals surface area contributed by atoms with Crippen LogP contribution < -0.4 is 10.6 Å². The third-order valence-electron chi connectivity index (χ3n) is 3.72. The topological polar surface area (TPSA) is 45.7 Å². The standard InChI is InChI=1S/C18H29N3OS/c1-3-19-17(20-13-8-14-22-4-2)21-15-18(11-12-18)23-16-9-6-5-7-10-16/h5-7,9-10H,3-4,8,11-15H2,1-2H3,(H2,19,20,21). The first-order valence-corrected chi connectivity index (χ1v) is 9.43. The summed E-state index contributed by atoms with van der Waals surface area (Å²) in [5.74, 6) is 0.920. The van der Waals surface area contributed by atoms with Gasteiger partial charge in [0.2, 0.25) is 0 Å². The molecule has 2 N–H and O–H groups in total. The second-order valence-corrected chi connectivity index (χ2v) is 7.31. The Morgan fingerprint density at radius 3 is 2.65 bits per heavy atom. The molecule has 0 amide bonds. The quantitative estimate of drug-likeness (QED) is 0.391. The van der Waals surface area contributed by atoms with E-state index in [2.05, 4.69) is 47.9 Å². The van der Waals surface area contributed by atoms with Gasteiger partial charge in [0.25, 0.3) is 0 Å². The maximum absolute atomic E-state index is 5.36. The van der Waals surface area contributed by atoms with E-state index >= 15 is 0 Å². The Hall–Kier alpha value is -1.20. The molecule has 0 bridgehead atoms. The highest BCUT2D eigenvalue weighted by atomic mass is 32.2. The first kappa shape index (κ1) is 18.1. The molecule has 1 fully saturated rings. The lowest BCUT2D eigenvalue weighted by Gasteiger charge is -2.15. The van der Waals surface area contributed by atoms with Gasteiger partial charge in [0.1, 0.15) is 0 Å². The number of thioether (sulfide) groups is 1. The van der Waals surface area contributed by atoms with Crippen LogP contribution in [0.1, 0.15) is 33.1 Å². The lowest BCUT2D eigenvalue weighted by molar-refractivity contribution is 0.145. The number of ether oxygens (including phenoxy) is 1. The fraction of sp³-hybridized carbons (Fsp3) is 0.611. The van der Waals surface area contributed by atoms with Gasteiger partial charge in [-0.1, -0.05) is 18.2 Å². The lowest BCUT2D eigenvalue weighted by atomic mass is 10.4. The van der Waals surface area contributed by atoms with Gasteiger partial charge in [0, 0.05) is 35.9 Å². The zero-order chi connectivity index (χ0) is 16.4. The number of rotatable bonds is 10. The summed E-state index contributed by atoms with van der Waals surface area (Å²) in [6.07, 6.45) is 3.50. The SMILES string of the molecule is CCNC(=NCC1(Sc2ccccc2)CC1)NCCCOCC. The van der Waals surface area contributed by atoms with E-state index < -0.39 is 0 Å². The molecule has 0 spiro atoms. The number of benzene rings is 1. The molecule has 0 aliphatic heterocycles. The van der Waals surface area contributed by atoms with Crippen molar-refractivity contribution in [2.75, 3.05) is 32.8 Å². The van der Waals surface area contributed by atoms with E-state index in [1.165, 1.54) is 17.7 Å². The molecule has 0 atom stereocenters. The van der Waals surface area contributed by atoms with Crippen LogP contribution in [0.2, 0.25) is 0 Å². The first-order chi connectivity index (χ1) is 11.3. The Labute approximate surface area is 144 Å². The van der Waals surface area contributed by atoms with E-state index in [0.717, 1.165) is 45.2 Å². The van der Waals surface area contributed by atoms with Gasteiger partial charge in [-0.2, -0.15) is 0 Å². The summed E-state index contributed by atoms with van der Waals surface area (Å²) in [4.78, 5) is 6.14. The Bertz CT molecular complexity index is 474. The van der Waals surface area contributed by atoms with Crippen LogP contribution in [-0.2, 0) is 4.74 Å². The average molecular weight is 336 g/mol. The summed E-state index contributed by atoms with van der Waals surface area (Å²) in [5, 5.41) is 6.72. The Morgan fingerprint density at radius 1 is 1.22 bits per heavy atom. The van der Waals surface area contributed by atoms with E-state index in [0.29, 0.717) is 4.75 Å². The van der Waals surface area contributed by atoms with Crippen molar-refractivity contribution in [1.82, 2.24) is 10.6 Å². The smallest absolute Gasteiger partial charge is 0.191 e. The summed E-state index contributed by atoms with van der Waals surface area (Å²) in [6, 6.07) is 10.6. The number of hydrogen-bond donors (Lipinski definition) is 2. The zero-order valence-electron chi connectivity index (χ0n) is 14.3. The first-order valence-electron chi connectivity index (χ1n) is 8.62. The van der Waals surface area contributed by atoms with Gasteiger partial charge < -0.3 is 15.4 Å². The summed E-state index contributed by atoms with van der Waals surface area (Å²) >= 11 is 1.97. The highest BCUT2D eigenvalue weighted by molar-refractivity contribution is 8.01. The van der Waals surface area contributed by atoms with Crippen LogP contribution in [0.4, 0.5) is 0 Å². The summed E-state index contributed by atoms with van der Waals surface area (Å²) in [5.41, 5.74) is 0. The molecule has 4 nitrogen and oxygen atoms in total. The van der Waals surface area contributed by atoms with Crippen LogP contribution in [0, 0.1) is 0 Å². The molecule has 0 unspecified atom stereocenters. The monoisotopic (exact) mass is 335 g/mol. The normalized spacial score (nSPS) is 16.2. The van der Waals surface area contributed by atoms with E-state index in [1.54, 1.807) is 0 Å². The summed E-state index contributed by atoms with van der Waals surface area (Å²) < 4.78 is 5.66. The Kier molecular flexibility index (Phi) is 7.76. The minimum atomic E-state index is 0.301. The van der Waals surface area contributed by atoms with Crippen LogP contribution in [0.5, 0.6) is 0 Å². The number of nitrogens with one attached hydrogen (secondary N) is 2. The molecule has 1 aromatic rings. The molecule has 0 heterocycles. The minimum Gasteiger partial charge on any atom is -0.382 e. The summed E-state index contributed by atoms with van der Waals surface area (Å²) in [6.45, 7) is 8.36. The molecular weight excluding hydrogens is 306 g/mol. The van der Waals surface area contributed by atoms with Crippen molar-refractivity contribution in [1.29, 1.82) is 0 Å². The third kappa shape index (κ3) is 6.83. The van der Waals surface area contributed by atoms with Crippen molar-refractivity contribution in [2.45, 2.75) is 42.8 Å². The van der Waals surface area contributed by atoms with Gasteiger partial charge in [-0.3, -0.25) is 4.99 Å². The van der Waals surface area contributed by atoms with Crippen molar-refractivity contribution in [3.63, 3.8) is 0 Å². The van der Waals surface area contributed by atoms with Crippen LogP contribution in [0.3, 0.4) is 0 Å². The Morgan fingerprint density at radius 2 is 2.00 bits per heavy atom. The number of nitrogens with zero attached hydrogens (tertiary/aromatic N) is 1. The largest absolute Gasteiger partial charge is 0.382 e. The van der Waals surface area contributed by atoms with E-state index in [9.17, 15) is 0 Å². The second kappa shape index (κ2) is 9.83. The number of guanidine groups is 1. The molecule has 0 saturated heterocycles. The maximum Gasteiger partial charge on any atom is 0.191 e. The van der Waals surface area contributed by atoms with Gasteiger partial charge >= 0.3 is 0 Å². The summed E-state index contributed by atoms with van der Waals surface area (Å²) in [7, 11) is 0. The third-order valence-corrected chi connectivity index (χ3v) is 5.20. The molecule has 2 rings (SSSR count). The average Bonchev–Trinajstić information content (AvgIpc) is 3.33. The predicted octanol–water partition coefficient (Wildman–Crippen LogP) is 3.29. The van der Waals surface area contributed by atoms with Crippen LogP contribution in [0.25, 0.3) is 0 Å². The molecule has 128 valence electrons. The highest BCUT2D eigenvalue weighted by Crippen LogP contribution is 2.51. The molecular formula is C18H29N3OS. The van der Waals surface area contributed by atoms with Crippen molar-refractivity contribution >= 4 is 17.7 Å². The van der Waals surface area contributed by atoms with Gasteiger partial charge in [-0.05, 0) is 45.2 Å². The molecule has 1 saturated carbocycles. The number of hydrogen-bond acceptors (Lipinski definition) is 3. The molecule has 1 aromatic carbocycles. The highest BCUT2D eigenvalue weighted by Gasteiger charge is 2.43. The van der Waals surface area contributed by atoms with Crippen LogP contribution in [-0.4, -0.2) is 43.6 Å². The maximum atomic E-state index is 5.36. The molecule has 5 heteroatoms. The zero-order valence-corrected chi connectivity index (χ0v) is 15.1. The van der Waals surface area contributed by atoms with E-state index in [4.69, 9.17) is 9.73 Å². The van der Waals surface area contributed by atoms with Crippen molar-refractivity contribution in [3.05, 3.63) is 30.3 Å². The molecule has 1 aliphatic rings. The second-order valence-electron chi connectivity index (χ2n) is 5.77. The van der Waals surface area contributed by atoms with E-state index in [-0.39, 0.29) is 0 Å². The molecule has 0 radical (unpaired) electrons. The lowest BCUT2D eigenvalue weighted by Crippen LogP contribution is -2.38. The van der Waals surface area contributed by atoms with Gasteiger partial charge in [-0.25, -0.2) is 0 Å². The molecule has 0 aromatic heterocycles. The van der Waals surface area contributed by atoms with Gasteiger partial charge in [-0.15, -0.1) is 11.8 Å². The van der Waals surface area contributed by atoms with Crippen LogP contribution in [0.15, 0.2) is 40.2 Å². The molecule has 1 aliphatic carbocycles. The van der Waals surface area contributed by atoms with Crippen molar-refractivity contribution < 1.29 is 4.74 Å². The van der Waals surface area contributed by atoms with Gasteiger partial charge in [0.05, 0.1) is 6.54 Å². The minimum absolute atomic E-state index is 0.301. The number of aliphatic imine (C=N–C) groups is 1. The van der Waals surface area contributed by atoms with Crippen molar-refractivity contribution in [3.8, 4) is 0 Å².